The molecule has 20 heavy (non-hydrogen) atoms. The number of carboxylic acids is 1. The molecular formula is C14H20N2O4. The molecule has 2 amide bonds. The van der Waals surface area contributed by atoms with Gasteiger partial charge in [-0.25, -0.2) is 4.79 Å². The summed E-state index contributed by atoms with van der Waals surface area (Å²) >= 11 is 0. The van der Waals surface area contributed by atoms with E-state index < -0.39 is 5.97 Å². The third-order valence-corrected chi connectivity index (χ3v) is 2.70. The SMILES string of the molecule is COCCC(C)NC(=O)Nc1ccc(CC(=O)O)cc1. The smallest absolute Gasteiger partial charge is 0.319 e. The first kappa shape index (κ1) is 16.0. The highest BCUT2D eigenvalue weighted by molar-refractivity contribution is 5.89. The van der Waals surface area contributed by atoms with E-state index >= 15 is 0 Å². The van der Waals surface area contributed by atoms with Gasteiger partial charge in [-0.2, -0.15) is 0 Å². The molecule has 6 nitrogen and oxygen atoms in total. The summed E-state index contributed by atoms with van der Waals surface area (Å²) < 4.78 is 4.94. The number of hydrogen-bond donors (Lipinski definition) is 3. The molecule has 0 saturated carbocycles. The lowest BCUT2D eigenvalue weighted by Crippen LogP contribution is -2.36. The number of methoxy groups -OCH3 is 1. The Kier molecular flexibility index (Phi) is 6.52. The van der Waals surface area contributed by atoms with E-state index in [0.29, 0.717) is 17.9 Å². The highest BCUT2D eigenvalue weighted by Gasteiger charge is 2.07. The Hall–Kier alpha value is -2.08. The highest BCUT2D eigenvalue weighted by atomic mass is 16.5. The monoisotopic (exact) mass is 280 g/mol. The normalized spacial score (nSPS) is 11.7. The van der Waals surface area contributed by atoms with Crippen molar-refractivity contribution in [2.75, 3.05) is 19.0 Å². The van der Waals surface area contributed by atoms with Crippen LogP contribution in [0.15, 0.2) is 24.3 Å². The van der Waals surface area contributed by atoms with Gasteiger partial charge in [-0.15, -0.1) is 0 Å². The molecule has 0 aliphatic carbocycles. The molecule has 1 unspecified atom stereocenters. The Balaban J connectivity index is 2.43. The van der Waals surface area contributed by atoms with Gasteiger partial charge in [-0.1, -0.05) is 12.1 Å². The van der Waals surface area contributed by atoms with Crippen LogP contribution in [-0.2, 0) is 16.0 Å². The highest BCUT2D eigenvalue weighted by Crippen LogP contribution is 2.10. The zero-order chi connectivity index (χ0) is 15.0. The fraction of sp³-hybridized carbons (Fsp3) is 0.429. The Bertz CT molecular complexity index is 445. The summed E-state index contributed by atoms with van der Waals surface area (Å²) in [6, 6.07) is 6.44. The van der Waals surface area contributed by atoms with Gasteiger partial charge >= 0.3 is 12.0 Å². The van der Waals surface area contributed by atoms with Crippen LogP contribution >= 0.6 is 0 Å². The minimum Gasteiger partial charge on any atom is -0.481 e. The second-order valence-corrected chi connectivity index (χ2v) is 4.55. The largest absolute Gasteiger partial charge is 0.481 e. The minimum absolute atomic E-state index is 0.0150. The topological polar surface area (TPSA) is 87.7 Å². The van der Waals surface area contributed by atoms with Gasteiger partial charge in [0, 0.05) is 25.4 Å². The number of nitrogens with one attached hydrogen (secondary N) is 2. The Morgan fingerprint density at radius 3 is 2.50 bits per heavy atom. The quantitative estimate of drug-likeness (QED) is 0.711. The van der Waals surface area contributed by atoms with E-state index in [1.165, 1.54) is 0 Å². The van der Waals surface area contributed by atoms with E-state index in [4.69, 9.17) is 9.84 Å². The van der Waals surface area contributed by atoms with Gasteiger partial charge < -0.3 is 20.5 Å². The molecule has 0 heterocycles. The number of urea groups is 1. The first-order valence-electron chi connectivity index (χ1n) is 6.38. The van der Waals surface area contributed by atoms with E-state index in [9.17, 15) is 9.59 Å². The molecule has 1 rings (SSSR count). The molecule has 0 bridgehead atoms. The number of carbonyl (C=O) groups is 2. The first-order chi connectivity index (χ1) is 9.51. The summed E-state index contributed by atoms with van der Waals surface area (Å²) in [5.74, 6) is -0.879. The number of aliphatic carboxylic acids is 1. The molecule has 6 heteroatoms. The third-order valence-electron chi connectivity index (χ3n) is 2.70. The lowest BCUT2D eigenvalue weighted by atomic mass is 10.1. The molecule has 1 atom stereocenters. The van der Waals surface area contributed by atoms with Crippen molar-refractivity contribution in [1.82, 2.24) is 5.32 Å². The van der Waals surface area contributed by atoms with Gasteiger partial charge in [0.2, 0.25) is 0 Å². The fourth-order valence-corrected chi connectivity index (χ4v) is 1.64. The van der Waals surface area contributed by atoms with Crippen LogP contribution in [0.25, 0.3) is 0 Å². The molecule has 0 aromatic heterocycles. The van der Waals surface area contributed by atoms with Gasteiger partial charge in [0.25, 0.3) is 0 Å². The predicted molar refractivity (Wildman–Crippen MR) is 75.9 cm³/mol. The van der Waals surface area contributed by atoms with E-state index in [2.05, 4.69) is 10.6 Å². The van der Waals surface area contributed by atoms with Crippen LogP contribution < -0.4 is 10.6 Å². The predicted octanol–water partition coefficient (Wildman–Crippen LogP) is 1.86. The lowest BCUT2D eigenvalue weighted by molar-refractivity contribution is -0.136. The van der Waals surface area contributed by atoms with E-state index in [0.717, 1.165) is 6.42 Å². The average Bonchev–Trinajstić information content (AvgIpc) is 2.38. The second kappa shape index (κ2) is 8.16. The number of amides is 2. The van der Waals surface area contributed by atoms with Crippen LogP contribution in [0, 0.1) is 0 Å². The van der Waals surface area contributed by atoms with Gasteiger partial charge in [-0.3, -0.25) is 4.79 Å². The van der Waals surface area contributed by atoms with Crippen molar-refractivity contribution < 1.29 is 19.4 Å². The molecule has 0 spiro atoms. The van der Waals surface area contributed by atoms with Crippen molar-refractivity contribution in [2.45, 2.75) is 25.8 Å². The minimum atomic E-state index is -0.879. The van der Waals surface area contributed by atoms with Crippen molar-refractivity contribution in [3.05, 3.63) is 29.8 Å². The number of benzene rings is 1. The van der Waals surface area contributed by atoms with E-state index in [1.807, 2.05) is 6.92 Å². The maximum atomic E-state index is 11.7. The van der Waals surface area contributed by atoms with Crippen molar-refractivity contribution in [1.29, 1.82) is 0 Å². The van der Waals surface area contributed by atoms with Crippen molar-refractivity contribution in [3.63, 3.8) is 0 Å². The summed E-state index contributed by atoms with van der Waals surface area (Å²) in [6.45, 7) is 2.49. The molecule has 1 aromatic rings. The first-order valence-corrected chi connectivity index (χ1v) is 6.38. The summed E-state index contributed by atoms with van der Waals surface area (Å²) in [6.07, 6.45) is 0.710. The van der Waals surface area contributed by atoms with Crippen LogP contribution in [0.2, 0.25) is 0 Å². The van der Waals surface area contributed by atoms with Crippen LogP contribution in [0.4, 0.5) is 10.5 Å². The average molecular weight is 280 g/mol. The van der Waals surface area contributed by atoms with Crippen LogP contribution in [0.5, 0.6) is 0 Å². The summed E-state index contributed by atoms with van der Waals surface area (Å²) in [5.41, 5.74) is 1.31. The van der Waals surface area contributed by atoms with E-state index in [1.54, 1.807) is 31.4 Å². The second-order valence-electron chi connectivity index (χ2n) is 4.55. The molecule has 0 saturated heterocycles. The van der Waals surface area contributed by atoms with Crippen LogP contribution in [-0.4, -0.2) is 36.9 Å². The maximum Gasteiger partial charge on any atom is 0.319 e. The van der Waals surface area contributed by atoms with Gasteiger partial charge in [0.05, 0.1) is 6.42 Å². The third kappa shape index (κ3) is 6.19. The molecule has 3 N–H and O–H groups in total. The maximum absolute atomic E-state index is 11.7. The summed E-state index contributed by atoms with van der Waals surface area (Å²) in [5, 5.41) is 14.1. The van der Waals surface area contributed by atoms with Crippen molar-refractivity contribution >= 4 is 17.7 Å². The number of rotatable bonds is 7. The number of carbonyl (C=O) groups excluding carboxylic acids is 1. The molecule has 1 aromatic carbocycles. The molecule has 0 aliphatic rings. The van der Waals surface area contributed by atoms with Crippen LogP contribution in [0.3, 0.4) is 0 Å². The number of anilines is 1. The fourth-order valence-electron chi connectivity index (χ4n) is 1.64. The standard InChI is InChI=1S/C14H20N2O4/c1-10(7-8-20-2)15-14(19)16-12-5-3-11(4-6-12)9-13(17)18/h3-6,10H,7-9H2,1-2H3,(H,17,18)(H2,15,16,19). The van der Waals surface area contributed by atoms with Gasteiger partial charge in [-0.05, 0) is 31.0 Å². The Morgan fingerprint density at radius 1 is 1.30 bits per heavy atom. The van der Waals surface area contributed by atoms with E-state index in [-0.39, 0.29) is 18.5 Å². The summed E-state index contributed by atoms with van der Waals surface area (Å²) in [4.78, 5) is 22.2. The molecule has 0 radical (unpaired) electrons. The zero-order valence-corrected chi connectivity index (χ0v) is 11.7. The van der Waals surface area contributed by atoms with Crippen molar-refractivity contribution in [2.24, 2.45) is 0 Å². The summed E-state index contributed by atoms with van der Waals surface area (Å²) in [7, 11) is 1.62. The lowest BCUT2D eigenvalue weighted by Gasteiger charge is -2.14. The van der Waals surface area contributed by atoms with Gasteiger partial charge in [0.1, 0.15) is 0 Å². The Morgan fingerprint density at radius 2 is 1.95 bits per heavy atom. The van der Waals surface area contributed by atoms with Gasteiger partial charge in [0.15, 0.2) is 0 Å². The number of hydrogen-bond acceptors (Lipinski definition) is 3. The molecule has 110 valence electrons. The molecule has 0 fully saturated rings. The molecular weight excluding hydrogens is 260 g/mol. The van der Waals surface area contributed by atoms with Crippen molar-refractivity contribution in [3.8, 4) is 0 Å². The van der Waals surface area contributed by atoms with Crippen LogP contribution in [0.1, 0.15) is 18.9 Å². The zero-order valence-electron chi connectivity index (χ0n) is 11.7. The number of carboxylic acid groups (broad SMARTS) is 1. The number of ether oxygens (including phenoxy) is 1. The molecule has 0 aliphatic heterocycles. The Labute approximate surface area is 118 Å².